The van der Waals surface area contributed by atoms with Crippen LogP contribution in [0.25, 0.3) is 0 Å². The quantitative estimate of drug-likeness (QED) is 0.0752. The second-order valence-electron chi connectivity index (χ2n) is 20.5. The number of piperazine rings is 2. The SMILES string of the molecule is N#Cc1ccc(Cn2cncc2CN(C(=O)CC(Oc2ccccc2)C(=O)N(Cc2cncn2Cc2ccc(C#N)cc2)c2ccc(N3CCN(C(=O)c4ccc(Cl)s4)CC3)cc2)c2ccc(N3CCN(C(=O)c4ccc(Cl)s4)CC3)cc2)cc1. The summed E-state index contributed by atoms with van der Waals surface area (Å²) in [6.45, 7) is 5.44. The van der Waals surface area contributed by atoms with Gasteiger partial charge in [0.2, 0.25) is 5.91 Å². The van der Waals surface area contributed by atoms with E-state index in [0.717, 1.165) is 28.2 Å². The van der Waals surface area contributed by atoms with Crippen LogP contribution in [0.4, 0.5) is 22.7 Å². The molecule has 428 valence electrons. The Hall–Kier alpha value is -9.24. The fraction of sp³-hybridized carbons (Fsp3) is 0.219. The van der Waals surface area contributed by atoms with Gasteiger partial charge in [-0.05, 0) is 120 Å². The van der Waals surface area contributed by atoms with E-state index in [1.54, 1.807) is 95.5 Å². The van der Waals surface area contributed by atoms with Crippen LogP contribution in [0.2, 0.25) is 8.67 Å². The maximum absolute atomic E-state index is 15.8. The van der Waals surface area contributed by atoms with E-state index in [9.17, 15) is 20.1 Å². The van der Waals surface area contributed by atoms with Crippen molar-refractivity contribution in [2.75, 3.05) is 72.0 Å². The first-order valence-electron chi connectivity index (χ1n) is 27.5. The summed E-state index contributed by atoms with van der Waals surface area (Å²) < 4.78 is 11.7. The fourth-order valence-electron chi connectivity index (χ4n) is 10.4. The maximum atomic E-state index is 15.8. The molecule has 2 aliphatic heterocycles. The third-order valence-electron chi connectivity index (χ3n) is 15.1. The van der Waals surface area contributed by atoms with Crippen LogP contribution in [-0.2, 0) is 35.8 Å². The van der Waals surface area contributed by atoms with E-state index in [-0.39, 0.29) is 31.3 Å². The van der Waals surface area contributed by atoms with Crippen molar-refractivity contribution in [3.63, 3.8) is 0 Å². The van der Waals surface area contributed by atoms with E-state index in [0.29, 0.717) is 118 Å². The molecule has 17 nitrogen and oxygen atoms in total. The Morgan fingerprint density at radius 2 is 0.976 bits per heavy atom. The molecule has 0 aliphatic carbocycles. The molecule has 1 unspecified atom stereocenters. The van der Waals surface area contributed by atoms with Gasteiger partial charge in [-0.15, -0.1) is 22.7 Å². The zero-order chi connectivity index (χ0) is 58.8. The fourth-order valence-corrected chi connectivity index (χ4v) is 12.5. The molecule has 0 spiro atoms. The number of rotatable bonds is 19. The topological polar surface area (TPSA) is 180 Å². The van der Waals surface area contributed by atoms with Crippen LogP contribution in [0.15, 0.2) is 177 Å². The average molecular weight is 1210 g/mol. The number of benzene rings is 5. The maximum Gasteiger partial charge on any atom is 0.268 e. The van der Waals surface area contributed by atoms with Gasteiger partial charge in [-0.2, -0.15) is 10.5 Å². The third kappa shape index (κ3) is 13.9. The van der Waals surface area contributed by atoms with Crippen LogP contribution >= 0.6 is 45.9 Å². The predicted molar refractivity (Wildman–Crippen MR) is 331 cm³/mol. The van der Waals surface area contributed by atoms with Crippen molar-refractivity contribution in [3.8, 4) is 17.9 Å². The highest BCUT2D eigenvalue weighted by atomic mass is 35.5. The van der Waals surface area contributed by atoms with Crippen molar-refractivity contribution in [1.82, 2.24) is 28.9 Å². The molecule has 2 saturated heterocycles. The lowest BCUT2D eigenvalue weighted by Gasteiger charge is -2.36. The van der Waals surface area contributed by atoms with E-state index >= 15 is 9.59 Å². The van der Waals surface area contributed by atoms with Crippen molar-refractivity contribution in [2.45, 2.75) is 38.7 Å². The highest BCUT2D eigenvalue weighted by Gasteiger charge is 2.34. The molecule has 2 aliphatic rings. The Morgan fingerprint density at radius 3 is 1.40 bits per heavy atom. The number of imidazole rings is 2. The Morgan fingerprint density at radius 1 is 0.541 bits per heavy atom. The molecule has 6 heterocycles. The number of para-hydroxylation sites is 1. The van der Waals surface area contributed by atoms with E-state index in [2.05, 4.69) is 31.9 Å². The van der Waals surface area contributed by atoms with Crippen molar-refractivity contribution in [1.29, 1.82) is 10.5 Å². The summed E-state index contributed by atoms with van der Waals surface area (Å²) in [5.74, 6) is -0.562. The van der Waals surface area contributed by atoms with E-state index in [1.807, 2.05) is 110 Å². The van der Waals surface area contributed by atoms with Gasteiger partial charge in [0.25, 0.3) is 17.7 Å². The number of aromatic nitrogens is 4. The molecule has 0 bridgehead atoms. The lowest BCUT2D eigenvalue weighted by Crippen LogP contribution is -2.48. The molecule has 0 saturated carbocycles. The van der Waals surface area contributed by atoms with Gasteiger partial charge in [-0.1, -0.05) is 65.7 Å². The van der Waals surface area contributed by atoms with Crippen LogP contribution in [-0.4, -0.2) is 111 Å². The van der Waals surface area contributed by atoms with Crippen LogP contribution in [0.3, 0.4) is 0 Å². The highest BCUT2D eigenvalue weighted by molar-refractivity contribution is 7.18. The van der Waals surface area contributed by atoms with E-state index < -0.39 is 17.9 Å². The summed E-state index contributed by atoms with van der Waals surface area (Å²) in [5.41, 5.74) is 7.34. The normalized spacial score (nSPS) is 13.6. The molecule has 9 aromatic rings. The van der Waals surface area contributed by atoms with Crippen molar-refractivity contribution in [2.24, 2.45) is 0 Å². The van der Waals surface area contributed by atoms with E-state index in [4.69, 9.17) is 27.9 Å². The number of carbonyl (C=O) groups is 4. The Bertz CT molecular complexity index is 3880. The minimum Gasteiger partial charge on any atom is -0.480 e. The number of hydrogen-bond acceptors (Lipinski definition) is 13. The van der Waals surface area contributed by atoms with Gasteiger partial charge in [0.1, 0.15) is 5.75 Å². The minimum atomic E-state index is -1.34. The van der Waals surface area contributed by atoms with Gasteiger partial charge in [-0.25, -0.2) is 9.97 Å². The monoisotopic (exact) mass is 1210 g/mol. The summed E-state index contributed by atoms with van der Waals surface area (Å²) in [6.07, 6.45) is 5.14. The lowest BCUT2D eigenvalue weighted by molar-refractivity contribution is -0.130. The van der Waals surface area contributed by atoms with Crippen LogP contribution in [0.1, 0.15) is 59.4 Å². The molecule has 11 rings (SSSR count). The van der Waals surface area contributed by atoms with Gasteiger partial charge in [0, 0.05) is 101 Å². The Balaban J connectivity index is 0.893. The number of ether oxygens (including phenoxy) is 1. The third-order valence-corrected chi connectivity index (χ3v) is 17.5. The first-order chi connectivity index (χ1) is 41.4. The molecular formula is C64H56Cl2N12O5S2. The van der Waals surface area contributed by atoms with Crippen molar-refractivity contribution >= 4 is 92.3 Å². The predicted octanol–water partition coefficient (Wildman–Crippen LogP) is 10.9. The summed E-state index contributed by atoms with van der Waals surface area (Å²) >= 11 is 14.9. The Kier molecular flexibility index (Phi) is 18.0. The standard InChI is InChI=1S/C64H56Cl2N12O5S2/c65-59-24-22-57(84-59)63(81)73-30-26-71(27-31-73)49-14-18-51(19-15-49)77(41-53-37-69-43-75(53)39-47-10-6-45(35-67)7-11-47)61(79)34-56(83-55-4-2-1-3-5-55)62(80)78(42-54-38-70-44-76(54)40-48-12-8-46(36-68)9-13-48)52-20-16-50(17-21-52)72-28-32-74(33-29-72)64(82)58-23-25-60(66)85-58/h1-25,37-38,43-44,56H,26-34,39-42H2. The molecule has 85 heavy (non-hydrogen) atoms. The molecular weight excluding hydrogens is 1150 g/mol. The lowest BCUT2D eigenvalue weighted by atomic mass is 10.1. The van der Waals surface area contributed by atoms with Gasteiger partial charge in [0.05, 0.1) is 85.2 Å². The average Bonchev–Trinajstić information content (AvgIpc) is 4.54. The van der Waals surface area contributed by atoms with Crippen molar-refractivity contribution < 1.29 is 23.9 Å². The molecule has 4 aromatic heterocycles. The highest BCUT2D eigenvalue weighted by Crippen LogP contribution is 2.31. The van der Waals surface area contributed by atoms with Gasteiger partial charge < -0.3 is 43.3 Å². The first-order valence-corrected chi connectivity index (χ1v) is 29.9. The summed E-state index contributed by atoms with van der Waals surface area (Å²) in [5, 5.41) is 19.0. The molecule has 0 N–H and O–H groups in total. The van der Waals surface area contributed by atoms with Crippen molar-refractivity contribution in [3.05, 3.63) is 229 Å². The number of carbonyl (C=O) groups excluding carboxylic acids is 4. The second kappa shape index (κ2) is 26.6. The zero-order valence-electron chi connectivity index (χ0n) is 46.0. The molecule has 0 radical (unpaired) electrons. The number of thiophene rings is 2. The second-order valence-corrected chi connectivity index (χ2v) is 23.9. The molecule has 21 heteroatoms. The summed E-state index contributed by atoms with van der Waals surface area (Å²) in [4.78, 5) is 79.6. The minimum absolute atomic E-state index is 0.0437. The Labute approximate surface area is 509 Å². The number of nitriles is 2. The van der Waals surface area contributed by atoms with Crippen LogP contribution in [0.5, 0.6) is 5.75 Å². The van der Waals surface area contributed by atoms with Crippen LogP contribution in [0, 0.1) is 22.7 Å². The number of halogens is 2. The molecule has 2 fully saturated rings. The molecule has 1 atom stereocenters. The van der Waals surface area contributed by atoms with Gasteiger partial charge >= 0.3 is 0 Å². The van der Waals surface area contributed by atoms with Gasteiger partial charge in [-0.3, -0.25) is 19.2 Å². The number of hydrogen-bond donors (Lipinski definition) is 0. The smallest absolute Gasteiger partial charge is 0.268 e. The van der Waals surface area contributed by atoms with E-state index in [1.165, 1.54) is 22.7 Å². The molecule has 5 aromatic carbocycles. The van der Waals surface area contributed by atoms with Gasteiger partial charge in [0.15, 0.2) is 6.10 Å². The molecule has 4 amide bonds. The summed E-state index contributed by atoms with van der Waals surface area (Å²) in [6, 6.07) is 50.4. The zero-order valence-corrected chi connectivity index (χ0v) is 49.1. The summed E-state index contributed by atoms with van der Waals surface area (Å²) in [7, 11) is 0. The first kappa shape index (κ1) is 57.6. The van der Waals surface area contributed by atoms with Crippen LogP contribution < -0.4 is 24.3 Å². The number of amides is 4. The largest absolute Gasteiger partial charge is 0.480 e. The number of nitrogens with zero attached hydrogens (tertiary/aromatic N) is 12. The number of anilines is 4.